The Morgan fingerprint density at radius 3 is 2.00 bits per heavy atom. The van der Waals surface area contributed by atoms with Crippen LogP contribution in [0.25, 0.3) is 0 Å². The number of nitrogens with two attached hydrogens (primary N) is 1. The van der Waals surface area contributed by atoms with E-state index in [0.29, 0.717) is 6.42 Å². The maximum Gasteiger partial charge on any atom is 0.226 e. The van der Waals surface area contributed by atoms with Gasteiger partial charge in [0.15, 0.2) is 0 Å². The Morgan fingerprint density at radius 1 is 1.05 bits per heavy atom. The molecule has 106 valence electrons. The van der Waals surface area contributed by atoms with Gasteiger partial charge in [-0.25, -0.2) is 0 Å². The smallest absolute Gasteiger partial charge is 0.226 e. The van der Waals surface area contributed by atoms with Crippen LogP contribution in [-0.2, 0) is 11.2 Å². The second-order valence-electron chi connectivity index (χ2n) is 4.18. The number of hydrogen-bond donors (Lipinski definition) is 2. The van der Waals surface area contributed by atoms with Crippen LogP contribution in [0.2, 0.25) is 0 Å². The molecule has 0 saturated heterocycles. The minimum Gasteiger partial charge on any atom is -0.387 e. The van der Waals surface area contributed by atoms with Gasteiger partial charge in [-0.2, -0.15) is 0 Å². The zero-order valence-electron chi connectivity index (χ0n) is 11.1. The fourth-order valence-corrected chi connectivity index (χ4v) is 1.72. The summed E-state index contributed by atoms with van der Waals surface area (Å²) in [7, 11) is 0. The molecule has 1 unspecified atom stereocenters. The SMILES string of the molecule is NCC(O)c1ccccc1.O=C(Cl)Cc1ccccc1. The van der Waals surface area contributed by atoms with Gasteiger partial charge in [-0.05, 0) is 22.7 Å². The van der Waals surface area contributed by atoms with E-state index in [4.69, 9.17) is 17.3 Å². The summed E-state index contributed by atoms with van der Waals surface area (Å²) < 4.78 is 0. The molecule has 0 saturated carbocycles. The van der Waals surface area contributed by atoms with Crippen LogP contribution in [0.5, 0.6) is 0 Å². The van der Waals surface area contributed by atoms with Gasteiger partial charge >= 0.3 is 0 Å². The molecule has 0 aromatic heterocycles. The van der Waals surface area contributed by atoms with E-state index in [9.17, 15) is 9.90 Å². The predicted octanol–water partition coefficient (Wildman–Crippen LogP) is 2.67. The van der Waals surface area contributed by atoms with E-state index in [2.05, 4.69) is 0 Å². The molecule has 2 aromatic rings. The maximum atomic E-state index is 10.4. The van der Waals surface area contributed by atoms with Crippen LogP contribution in [-0.4, -0.2) is 16.9 Å². The van der Waals surface area contributed by atoms with Crippen molar-refractivity contribution in [1.29, 1.82) is 0 Å². The van der Waals surface area contributed by atoms with E-state index in [1.54, 1.807) is 0 Å². The average Bonchev–Trinajstić information content (AvgIpc) is 2.48. The average molecular weight is 292 g/mol. The van der Waals surface area contributed by atoms with Crippen LogP contribution in [0.4, 0.5) is 0 Å². The number of aliphatic hydroxyl groups is 1. The second kappa shape index (κ2) is 9.26. The Morgan fingerprint density at radius 2 is 1.55 bits per heavy atom. The van der Waals surface area contributed by atoms with Crippen molar-refractivity contribution in [3.05, 3.63) is 71.8 Å². The lowest BCUT2D eigenvalue weighted by Crippen LogP contribution is -2.10. The molecule has 0 aliphatic carbocycles. The molecule has 0 aliphatic heterocycles. The van der Waals surface area contributed by atoms with Crippen LogP contribution >= 0.6 is 11.6 Å². The van der Waals surface area contributed by atoms with Crippen molar-refractivity contribution in [3.63, 3.8) is 0 Å². The summed E-state index contributed by atoms with van der Waals surface area (Å²) in [6, 6.07) is 18.8. The highest BCUT2D eigenvalue weighted by atomic mass is 35.5. The van der Waals surface area contributed by atoms with Gasteiger partial charge in [0.2, 0.25) is 5.24 Å². The van der Waals surface area contributed by atoms with Crippen LogP contribution in [0.15, 0.2) is 60.7 Å². The van der Waals surface area contributed by atoms with Gasteiger partial charge < -0.3 is 10.8 Å². The molecule has 2 rings (SSSR count). The summed E-state index contributed by atoms with van der Waals surface area (Å²) in [5.74, 6) is 0. The van der Waals surface area contributed by atoms with Gasteiger partial charge in [-0.3, -0.25) is 4.79 Å². The van der Waals surface area contributed by atoms with Gasteiger partial charge in [0.25, 0.3) is 0 Å². The van der Waals surface area contributed by atoms with Crippen molar-refractivity contribution in [1.82, 2.24) is 0 Å². The van der Waals surface area contributed by atoms with Crippen LogP contribution in [0.3, 0.4) is 0 Å². The van der Waals surface area contributed by atoms with Gasteiger partial charge in [0.1, 0.15) is 0 Å². The van der Waals surface area contributed by atoms with Crippen LogP contribution in [0, 0.1) is 0 Å². The molecule has 4 heteroatoms. The largest absolute Gasteiger partial charge is 0.387 e. The molecule has 3 nitrogen and oxygen atoms in total. The number of rotatable bonds is 4. The standard InChI is InChI=1S/C8H7ClO.C8H11NO/c9-8(10)6-7-4-2-1-3-5-7;9-6-8(10)7-4-2-1-3-5-7/h1-5H,6H2;1-5,8,10H,6,9H2. The molecule has 0 aliphatic rings. The van der Waals surface area contributed by atoms with Crippen molar-refractivity contribution in [3.8, 4) is 0 Å². The quantitative estimate of drug-likeness (QED) is 0.851. The number of carbonyl (C=O) groups is 1. The minimum atomic E-state index is -0.513. The molecule has 0 amide bonds. The second-order valence-corrected chi connectivity index (χ2v) is 4.60. The third-order valence-corrected chi connectivity index (χ3v) is 2.73. The number of hydrogen-bond acceptors (Lipinski definition) is 3. The first-order chi connectivity index (χ1) is 9.63. The summed E-state index contributed by atoms with van der Waals surface area (Å²) in [4.78, 5) is 10.4. The summed E-state index contributed by atoms with van der Waals surface area (Å²) in [6.07, 6.45) is -0.191. The van der Waals surface area contributed by atoms with Gasteiger partial charge in [-0.1, -0.05) is 60.7 Å². The van der Waals surface area contributed by atoms with E-state index in [1.165, 1.54) is 0 Å². The Balaban J connectivity index is 0.000000200. The van der Waals surface area contributed by atoms with Crippen molar-refractivity contribution < 1.29 is 9.90 Å². The highest BCUT2D eigenvalue weighted by molar-refractivity contribution is 6.63. The van der Waals surface area contributed by atoms with Gasteiger partial charge in [0.05, 0.1) is 6.10 Å². The lowest BCUT2D eigenvalue weighted by atomic mass is 10.1. The van der Waals surface area contributed by atoms with E-state index >= 15 is 0 Å². The third-order valence-electron chi connectivity index (χ3n) is 2.59. The fraction of sp³-hybridized carbons (Fsp3) is 0.188. The molecular formula is C16H18ClNO2. The molecule has 0 spiro atoms. The topological polar surface area (TPSA) is 63.3 Å². The van der Waals surface area contributed by atoms with Gasteiger partial charge in [-0.15, -0.1) is 0 Å². The molecule has 0 radical (unpaired) electrons. The summed E-state index contributed by atoms with van der Waals surface area (Å²) in [5.41, 5.74) is 7.09. The number of aliphatic hydroxyl groups excluding tert-OH is 1. The Hall–Kier alpha value is -1.68. The van der Waals surface area contributed by atoms with Crippen molar-refractivity contribution >= 4 is 16.8 Å². The van der Waals surface area contributed by atoms with E-state index in [1.807, 2.05) is 60.7 Å². The lowest BCUT2D eigenvalue weighted by molar-refractivity contribution is -0.111. The van der Waals surface area contributed by atoms with Crippen molar-refractivity contribution in [2.75, 3.05) is 6.54 Å². The predicted molar refractivity (Wildman–Crippen MR) is 81.5 cm³/mol. The Labute approximate surface area is 124 Å². The van der Waals surface area contributed by atoms with Crippen LogP contribution < -0.4 is 5.73 Å². The number of carbonyl (C=O) groups excluding carboxylic acids is 1. The molecule has 0 heterocycles. The summed E-state index contributed by atoms with van der Waals surface area (Å²) in [5, 5.41) is 8.89. The highest BCUT2D eigenvalue weighted by Gasteiger charge is 2.01. The molecule has 20 heavy (non-hydrogen) atoms. The van der Waals surface area contributed by atoms with Crippen molar-refractivity contribution in [2.24, 2.45) is 5.73 Å². The minimum absolute atomic E-state index is 0.282. The summed E-state index contributed by atoms with van der Waals surface area (Å²) in [6.45, 7) is 0.282. The Bertz CT molecular complexity index is 502. The molecular weight excluding hydrogens is 274 g/mol. The number of halogens is 1. The highest BCUT2D eigenvalue weighted by Crippen LogP contribution is 2.08. The fourth-order valence-electron chi connectivity index (χ4n) is 1.57. The van der Waals surface area contributed by atoms with Crippen molar-refractivity contribution in [2.45, 2.75) is 12.5 Å². The first kappa shape index (κ1) is 16.4. The monoisotopic (exact) mass is 291 g/mol. The molecule has 3 N–H and O–H groups in total. The molecule has 2 aromatic carbocycles. The zero-order valence-corrected chi connectivity index (χ0v) is 11.8. The van der Waals surface area contributed by atoms with E-state index < -0.39 is 6.10 Å². The zero-order chi connectivity index (χ0) is 14.8. The maximum absolute atomic E-state index is 10.4. The third kappa shape index (κ3) is 6.48. The summed E-state index contributed by atoms with van der Waals surface area (Å²) >= 11 is 5.17. The van der Waals surface area contributed by atoms with E-state index in [0.717, 1.165) is 11.1 Å². The number of benzene rings is 2. The first-order valence-electron chi connectivity index (χ1n) is 6.28. The first-order valence-corrected chi connectivity index (χ1v) is 6.66. The lowest BCUT2D eigenvalue weighted by Gasteiger charge is -2.05. The Kier molecular flexibility index (Phi) is 7.58. The molecule has 0 fully saturated rings. The molecule has 0 bridgehead atoms. The normalized spacial score (nSPS) is 11.2. The van der Waals surface area contributed by atoms with Gasteiger partial charge in [0, 0.05) is 13.0 Å². The van der Waals surface area contributed by atoms with Crippen LogP contribution in [0.1, 0.15) is 17.2 Å². The molecule has 1 atom stereocenters. The van der Waals surface area contributed by atoms with E-state index in [-0.39, 0.29) is 11.8 Å².